The van der Waals surface area contributed by atoms with Crippen molar-refractivity contribution in [2.75, 3.05) is 6.54 Å². The molecular formula is C16H21NO2. The molecule has 1 aromatic heterocycles. The summed E-state index contributed by atoms with van der Waals surface area (Å²) >= 11 is 0. The first-order valence-electron chi connectivity index (χ1n) is 6.63. The summed E-state index contributed by atoms with van der Waals surface area (Å²) in [5.74, 6) is 1.91. The lowest BCUT2D eigenvalue weighted by atomic mass is 10.1. The van der Waals surface area contributed by atoms with E-state index in [-0.39, 0.29) is 6.10 Å². The predicted molar refractivity (Wildman–Crippen MR) is 76.4 cm³/mol. The molecule has 1 aromatic carbocycles. The first kappa shape index (κ1) is 13.7. The average Bonchev–Trinajstić information content (AvgIpc) is 2.88. The van der Waals surface area contributed by atoms with Crippen LogP contribution in [0.1, 0.15) is 23.8 Å². The van der Waals surface area contributed by atoms with E-state index in [4.69, 9.17) is 9.15 Å². The standard InChI is InChI=1S/C16H21NO2/c1-12-6-4-8-16(14(12)3)19-13(2)10-17-11-15-7-5-9-18-15/h4-9,13,17H,10-11H2,1-3H3. The van der Waals surface area contributed by atoms with E-state index in [1.54, 1.807) is 6.26 Å². The van der Waals surface area contributed by atoms with Crippen molar-refractivity contribution < 1.29 is 9.15 Å². The Bertz CT molecular complexity index is 505. The van der Waals surface area contributed by atoms with E-state index < -0.39 is 0 Å². The van der Waals surface area contributed by atoms with E-state index in [0.717, 1.165) is 24.6 Å². The maximum atomic E-state index is 5.95. The number of hydrogen-bond acceptors (Lipinski definition) is 3. The van der Waals surface area contributed by atoms with Crippen LogP contribution in [0.25, 0.3) is 0 Å². The van der Waals surface area contributed by atoms with Gasteiger partial charge in [0.2, 0.25) is 0 Å². The first-order chi connectivity index (χ1) is 9.16. The van der Waals surface area contributed by atoms with Crippen LogP contribution in [0.15, 0.2) is 41.0 Å². The molecule has 0 aliphatic carbocycles. The fourth-order valence-corrected chi connectivity index (χ4v) is 1.92. The quantitative estimate of drug-likeness (QED) is 0.862. The molecule has 0 saturated heterocycles. The Labute approximate surface area is 114 Å². The van der Waals surface area contributed by atoms with Gasteiger partial charge < -0.3 is 14.5 Å². The van der Waals surface area contributed by atoms with Crippen LogP contribution in [-0.4, -0.2) is 12.6 Å². The SMILES string of the molecule is Cc1cccc(OC(C)CNCc2ccco2)c1C. The van der Waals surface area contributed by atoms with Crippen molar-refractivity contribution in [3.63, 3.8) is 0 Å². The summed E-state index contributed by atoms with van der Waals surface area (Å²) in [6.07, 6.45) is 1.81. The second kappa shape index (κ2) is 6.43. The summed E-state index contributed by atoms with van der Waals surface area (Å²) in [4.78, 5) is 0. The zero-order chi connectivity index (χ0) is 13.7. The second-order valence-electron chi connectivity index (χ2n) is 4.84. The molecule has 0 saturated carbocycles. The van der Waals surface area contributed by atoms with Crippen LogP contribution >= 0.6 is 0 Å². The van der Waals surface area contributed by atoms with Gasteiger partial charge in [-0.2, -0.15) is 0 Å². The summed E-state index contributed by atoms with van der Waals surface area (Å²) in [6, 6.07) is 10.0. The molecule has 1 atom stereocenters. The molecule has 1 heterocycles. The molecule has 2 rings (SSSR count). The molecule has 0 bridgehead atoms. The average molecular weight is 259 g/mol. The Hall–Kier alpha value is -1.74. The van der Waals surface area contributed by atoms with Crippen molar-refractivity contribution in [3.05, 3.63) is 53.5 Å². The summed E-state index contributed by atoms with van der Waals surface area (Å²) in [5.41, 5.74) is 2.47. The van der Waals surface area contributed by atoms with Gasteiger partial charge >= 0.3 is 0 Å². The van der Waals surface area contributed by atoms with E-state index in [0.29, 0.717) is 0 Å². The molecular weight excluding hydrogens is 238 g/mol. The number of furan rings is 1. The van der Waals surface area contributed by atoms with Gasteiger partial charge in [0.15, 0.2) is 0 Å². The highest BCUT2D eigenvalue weighted by molar-refractivity contribution is 5.38. The van der Waals surface area contributed by atoms with Crippen LogP contribution in [0.3, 0.4) is 0 Å². The highest BCUT2D eigenvalue weighted by atomic mass is 16.5. The van der Waals surface area contributed by atoms with Crippen molar-refractivity contribution in [3.8, 4) is 5.75 Å². The molecule has 0 aliphatic rings. The molecule has 102 valence electrons. The summed E-state index contributed by atoms with van der Waals surface area (Å²) in [6.45, 7) is 7.77. The third kappa shape index (κ3) is 3.86. The minimum Gasteiger partial charge on any atom is -0.489 e. The van der Waals surface area contributed by atoms with Gasteiger partial charge in [-0.25, -0.2) is 0 Å². The van der Waals surface area contributed by atoms with Gasteiger partial charge in [0, 0.05) is 6.54 Å². The number of hydrogen-bond donors (Lipinski definition) is 1. The molecule has 0 radical (unpaired) electrons. The Morgan fingerprint density at radius 2 is 2.05 bits per heavy atom. The van der Waals surface area contributed by atoms with Crippen molar-refractivity contribution in [2.45, 2.75) is 33.4 Å². The van der Waals surface area contributed by atoms with Gasteiger partial charge in [-0.1, -0.05) is 12.1 Å². The highest BCUT2D eigenvalue weighted by Gasteiger charge is 2.07. The van der Waals surface area contributed by atoms with Gasteiger partial charge in [-0.3, -0.25) is 0 Å². The second-order valence-corrected chi connectivity index (χ2v) is 4.84. The van der Waals surface area contributed by atoms with Crippen molar-refractivity contribution in [1.29, 1.82) is 0 Å². The molecule has 19 heavy (non-hydrogen) atoms. The number of ether oxygens (including phenoxy) is 1. The molecule has 3 heteroatoms. The smallest absolute Gasteiger partial charge is 0.122 e. The zero-order valence-corrected chi connectivity index (χ0v) is 11.8. The number of nitrogens with one attached hydrogen (secondary N) is 1. The molecule has 1 N–H and O–H groups in total. The topological polar surface area (TPSA) is 34.4 Å². The fraction of sp³-hybridized carbons (Fsp3) is 0.375. The Kier molecular flexibility index (Phi) is 4.63. The summed E-state index contributed by atoms with van der Waals surface area (Å²) < 4.78 is 11.2. The number of benzene rings is 1. The largest absolute Gasteiger partial charge is 0.489 e. The molecule has 0 spiro atoms. The maximum absolute atomic E-state index is 5.95. The Morgan fingerprint density at radius 1 is 1.21 bits per heavy atom. The van der Waals surface area contributed by atoms with Crippen LogP contribution in [0, 0.1) is 13.8 Å². The minimum atomic E-state index is 0.121. The number of rotatable bonds is 6. The molecule has 3 nitrogen and oxygen atoms in total. The Morgan fingerprint density at radius 3 is 2.79 bits per heavy atom. The lowest BCUT2D eigenvalue weighted by Gasteiger charge is -2.17. The van der Waals surface area contributed by atoms with E-state index in [2.05, 4.69) is 32.2 Å². The van der Waals surface area contributed by atoms with E-state index in [1.807, 2.05) is 24.3 Å². The highest BCUT2D eigenvalue weighted by Crippen LogP contribution is 2.21. The van der Waals surface area contributed by atoms with Crippen LogP contribution in [-0.2, 0) is 6.54 Å². The molecule has 2 aromatic rings. The van der Waals surface area contributed by atoms with Crippen LogP contribution < -0.4 is 10.1 Å². The van der Waals surface area contributed by atoms with Crippen molar-refractivity contribution >= 4 is 0 Å². The zero-order valence-electron chi connectivity index (χ0n) is 11.8. The van der Waals surface area contributed by atoms with Gasteiger partial charge in [0.1, 0.15) is 17.6 Å². The summed E-state index contributed by atoms with van der Waals surface area (Å²) in [5, 5.41) is 3.32. The van der Waals surface area contributed by atoms with E-state index >= 15 is 0 Å². The third-order valence-electron chi connectivity index (χ3n) is 3.19. The van der Waals surface area contributed by atoms with Gasteiger partial charge in [0.25, 0.3) is 0 Å². The fourth-order valence-electron chi connectivity index (χ4n) is 1.92. The van der Waals surface area contributed by atoms with Gasteiger partial charge in [-0.15, -0.1) is 0 Å². The third-order valence-corrected chi connectivity index (χ3v) is 3.19. The maximum Gasteiger partial charge on any atom is 0.122 e. The normalized spacial score (nSPS) is 12.4. The first-order valence-corrected chi connectivity index (χ1v) is 6.63. The predicted octanol–water partition coefficient (Wildman–Crippen LogP) is 3.45. The van der Waals surface area contributed by atoms with Gasteiger partial charge in [-0.05, 0) is 50.1 Å². The lowest BCUT2D eigenvalue weighted by Crippen LogP contribution is -2.28. The van der Waals surface area contributed by atoms with Gasteiger partial charge in [0.05, 0.1) is 12.8 Å². The Balaban J connectivity index is 1.80. The van der Waals surface area contributed by atoms with Crippen LogP contribution in [0.4, 0.5) is 0 Å². The molecule has 0 amide bonds. The van der Waals surface area contributed by atoms with E-state index in [1.165, 1.54) is 11.1 Å². The summed E-state index contributed by atoms with van der Waals surface area (Å²) in [7, 11) is 0. The minimum absolute atomic E-state index is 0.121. The molecule has 0 aliphatic heterocycles. The monoisotopic (exact) mass is 259 g/mol. The van der Waals surface area contributed by atoms with Crippen molar-refractivity contribution in [1.82, 2.24) is 5.32 Å². The van der Waals surface area contributed by atoms with Crippen molar-refractivity contribution in [2.24, 2.45) is 0 Å². The molecule has 1 unspecified atom stereocenters. The lowest BCUT2D eigenvalue weighted by molar-refractivity contribution is 0.214. The van der Waals surface area contributed by atoms with Crippen LogP contribution in [0.5, 0.6) is 5.75 Å². The number of aryl methyl sites for hydroxylation is 1. The van der Waals surface area contributed by atoms with E-state index in [9.17, 15) is 0 Å². The van der Waals surface area contributed by atoms with Crippen LogP contribution in [0.2, 0.25) is 0 Å². The molecule has 0 fully saturated rings.